The van der Waals surface area contributed by atoms with Gasteiger partial charge in [0.1, 0.15) is 0 Å². The number of nitrogens with one attached hydrogen (secondary N) is 1. The predicted octanol–water partition coefficient (Wildman–Crippen LogP) is 2.52. The molecule has 0 aromatic carbocycles. The molecule has 16 heavy (non-hydrogen) atoms. The van der Waals surface area contributed by atoms with Gasteiger partial charge in [-0.3, -0.25) is 4.68 Å². The topological polar surface area (TPSA) is 29.9 Å². The molecule has 0 aliphatic heterocycles. The summed E-state index contributed by atoms with van der Waals surface area (Å²) in [6, 6.07) is 0.917. The summed E-state index contributed by atoms with van der Waals surface area (Å²) in [5, 5.41) is 7.89. The second-order valence-electron chi connectivity index (χ2n) is 4.26. The van der Waals surface area contributed by atoms with Crippen LogP contribution in [0.5, 0.6) is 0 Å². The van der Waals surface area contributed by atoms with E-state index in [1.54, 1.807) is 0 Å². The molecule has 0 saturated heterocycles. The van der Waals surface area contributed by atoms with Crippen molar-refractivity contribution in [2.75, 3.05) is 11.5 Å². The molecular weight excluding hydrogens is 218 g/mol. The van der Waals surface area contributed by atoms with Gasteiger partial charge in [-0.1, -0.05) is 6.92 Å². The van der Waals surface area contributed by atoms with Crippen LogP contribution in [-0.2, 0) is 7.05 Å². The monoisotopic (exact) mass is 241 g/mol. The highest BCUT2D eigenvalue weighted by Gasteiger charge is 2.13. The Bertz CT molecular complexity index is 322. The van der Waals surface area contributed by atoms with Gasteiger partial charge in [-0.25, -0.2) is 0 Å². The Hall–Kier alpha value is -0.480. The number of rotatable bonds is 6. The molecule has 0 saturated carbocycles. The smallest absolute Gasteiger partial charge is 0.0540 e. The molecule has 0 fully saturated rings. The van der Waals surface area contributed by atoms with Crippen molar-refractivity contribution < 1.29 is 0 Å². The van der Waals surface area contributed by atoms with Crippen molar-refractivity contribution in [1.82, 2.24) is 15.1 Å². The molecule has 0 aliphatic carbocycles. The predicted molar refractivity (Wildman–Crippen MR) is 72.0 cm³/mol. The summed E-state index contributed by atoms with van der Waals surface area (Å²) in [5.41, 5.74) is 2.55. The summed E-state index contributed by atoms with van der Waals surface area (Å²) in [7, 11) is 1.99. The Morgan fingerprint density at radius 3 is 2.69 bits per heavy atom. The fourth-order valence-electron chi connectivity index (χ4n) is 1.80. The second kappa shape index (κ2) is 6.30. The summed E-state index contributed by atoms with van der Waals surface area (Å²) in [4.78, 5) is 0. The lowest BCUT2D eigenvalue weighted by atomic mass is 10.1. The lowest BCUT2D eigenvalue weighted by Gasteiger charge is -2.19. The molecule has 0 spiro atoms. The van der Waals surface area contributed by atoms with Crippen LogP contribution in [0, 0.1) is 6.92 Å². The fourth-order valence-corrected chi connectivity index (χ4v) is 2.49. The largest absolute Gasteiger partial charge is 0.307 e. The quantitative estimate of drug-likeness (QED) is 0.830. The van der Waals surface area contributed by atoms with Gasteiger partial charge in [-0.15, -0.1) is 0 Å². The molecule has 92 valence electrons. The first-order valence-electron chi connectivity index (χ1n) is 5.88. The molecule has 1 N–H and O–H groups in total. The number of aromatic nitrogens is 2. The van der Waals surface area contributed by atoms with Crippen molar-refractivity contribution in [3.8, 4) is 0 Å². The number of hydrogen-bond donors (Lipinski definition) is 1. The SMILES string of the molecule is CCSCC(C)NC(C)c1cnn(C)c1C. The molecule has 3 nitrogen and oxygen atoms in total. The van der Waals surface area contributed by atoms with Gasteiger partial charge in [-0.2, -0.15) is 16.9 Å². The van der Waals surface area contributed by atoms with Gasteiger partial charge in [0.25, 0.3) is 0 Å². The molecule has 0 bridgehead atoms. The molecular formula is C12H23N3S. The molecule has 0 aliphatic rings. The molecule has 1 heterocycles. The van der Waals surface area contributed by atoms with Crippen molar-refractivity contribution >= 4 is 11.8 Å². The van der Waals surface area contributed by atoms with Crippen molar-refractivity contribution in [3.05, 3.63) is 17.5 Å². The van der Waals surface area contributed by atoms with Crippen LogP contribution in [0.4, 0.5) is 0 Å². The van der Waals surface area contributed by atoms with E-state index in [-0.39, 0.29) is 0 Å². The third-order valence-electron chi connectivity index (χ3n) is 2.85. The Labute approximate surface area is 103 Å². The van der Waals surface area contributed by atoms with E-state index in [0.29, 0.717) is 12.1 Å². The minimum atomic E-state index is 0.376. The van der Waals surface area contributed by atoms with Crippen molar-refractivity contribution in [1.29, 1.82) is 0 Å². The Morgan fingerprint density at radius 1 is 1.50 bits per heavy atom. The van der Waals surface area contributed by atoms with E-state index in [0.717, 1.165) is 0 Å². The molecule has 0 amide bonds. The third-order valence-corrected chi connectivity index (χ3v) is 3.99. The van der Waals surface area contributed by atoms with E-state index < -0.39 is 0 Å². The summed E-state index contributed by atoms with van der Waals surface area (Å²) < 4.78 is 1.93. The fraction of sp³-hybridized carbons (Fsp3) is 0.750. The van der Waals surface area contributed by atoms with Crippen LogP contribution < -0.4 is 5.32 Å². The Morgan fingerprint density at radius 2 is 2.19 bits per heavy atom. The zero-order valence-corrected chi connectivity index (χ0v) is 11.8. The number of hydrogen-bond acceptors (Lipinski definition) is 3. The lowest BCUT2D eigenvalue weighted by molar-refractivity contribution is 0.509. The van der Waals surface area contributed by atoms with Gasteiger partial charge in [0.15, 0.2) is 0 Å². The zero-order chi connectivity index (χ0) is 12.1. The maximum atomic E-state index is 4.28. The maximum absolute atomic E-state index is 4.28. The first-order chi connectivity index (χ1) is 7.56. The number of thioether (sulfide) groups is 1. The highest BCUT2D eigenvalue weighted by Crippen LogP contribution is 2.17. The van der Waals surface area contributed by atoms with Gasteiger partial charge >= 0.3 is 0 Å². The van der Waals surface area contributed by atoms with Crippen LogP contribution in [0.25, 0.3) is 0 Å². The minimum absolute atomic E-state index is 0.376. The number of aryl methyl sites for hydroxylation is 1. The summed E-state index contributed by atoms with van der Waals surface area (Å²) in [6.45, 7) is 8.76. The second-order valence-corrected chi connectivity index (χ2v) is 5.58. The van der Waals surface area contributed by atoms with Gasteiger partial charge in [0.05, 0.1) is 6.20 Å². The van der Waals surface area contributed by atoms with E-state index in [2.05, 4.69) is 38.1 Å². The van der Waals surface area contributed by atoms with Crippen LogP contribution in [0.15, 0.2) is 6.20 Å². The molecule has 1 aromatic heterocycles. The van der Waals surface area contributed by atoms with Gasteiger partial charge in [-0.05, 0) is 26.5 Å². The number of nitrogens with zero attached hydrogens (tertiary/aromatic N) is 2. The molecule has 2 atom stereocenters. The zero-order valence-electron chi connectivity index (χ0n) is 10.9. The average molecular weight is 241 g/mol. The van der Waals surface area contributed by atoms with Crippen molar-refractivity contribution in [3.63, 3.8) is 0 Å². The summed E-state index contributed by atoms with van der Waals surface area (Å²) >= 11 is 1.98. The van der Waals surface area contributed by atoms with Gasteiger partial charge in [0, 0.05) is 36.1 Å². The van der Waals surface area contributed by atoms with Crippen LogP contribution >= 0.6 is 11.8 Å². The van der Waals surface area contributed by atoms with E-state index in [9.17, 15) is 0 Å². The molecule has 1 rings (SSSR count). The summed E-state index contributed by atoms with van der Waals surface area (Å²) in [5.74, 6) is 2.35. The normalized spacial score (nSPS) is 15.1. The highest BCUT2D eigenvalue weighted by atomic mass is 32.2. The van der Waals surface area contributed by atoms with E-state index in [1.807, 2.05) is 29.7 Å². The standard InChI is InChI=1S/C12H23N3S/c1-6-16-8-9(2)14-10(3)12-7-13-15(5)11(12)4/h7,9-10,14H,6,8H2,1-5H3. The Balaban J connectivity index is 2.52. The van der Waals surface area contributed by atoms with E-state index in [4.69, 9.17) is 0 Å². The highest BCUT2D eigenvalue weighted by molar-refractivity contribution is 7.99. The van der Waals surface area contributed by atoms with E-state index >= 15 is 0 Å². The van der Waals surface area contributed by atoms with Crippen LogP contribution in [0.2, 0.25) is 0 Å². The molecule has 0 radical (unpaired) electrons. The van der Waals surface area contributed by atoms with E-state index in [1.165, 1.54) is 22.8 Å². The van der Waals surface area contributed by atoms with Gasteiger partial charge < -0.3 is 5.32 Å². The van der Waals surface area contributed by atoms with Crippen molar-refractivity contribution in [2.24, 2.45) is 7.05 Å². The van der Waals surface area contributed by atoms with Crippen molar-refractivity contribution in [2.45, 2.75) is 39.8 Å². The minimum Gasteiger partial charge on any atom is -0.307 e. The average Bonchev–Trinajstić information content (AvgIpc) is 2.57. The van der Waals surface area contributed by atoms with Crippen LogP contribution in [0.1, 0.15) is 38.1 Å². The summed E-state index contributed by atoms with van der Waals surface area (Å²) in [6.07, 6.45) is 1.96. The molecule has 4 heteroatoms. The van der Waals surface area contributed by atoms with Crippen LogP contribution in [-0.4, -0.2) is 27.3 Å². The first kappa shape index (κ1) is 13.6. The van der Waals surface area contributed by atoms with Gasteiger partial charge in [0.2, 0.25) is 0 Å². The Kier molecular flexibility index (Phi) is 5.35. The van der Waals surface area contributed by atoms with Crippen LogP contribution in [0.3, 0.4) is 0 Å². The maximum Gasteiger partial charge on any atom is 0.0540 e. The first-order valence-corrected chi connectivity index (χ1v) is 7.04. The lowest BCUT2D eigenvalue weighted by Crippen LogP contribution is -2.31. The molecule has 2 unspecified atom stereocenters. The molecule has 1 aromatic rings. The third kappa shape index (κ3) is 3.52.